The number of halogens is 1. The van der Waals surface area contributed by atoms with Gasteiger partial charge in [0.15, 0.2) is 0 Å². The highest BCUT2D eigenvalue weighted by molar-refractivity contribution is 5.85. The average Bonchev–Trinajstić information content (AvgIpc) is 3.05. The second kappa shape index (κ2) is 8.29. The summed E-state index contributed by atoms with van der Waals surface area (Å²) < 4.78 is 0. The molecule has 0 aliphatic carbocycles. The fraction of sp³-hybridized carbons (Fsp3) is 0.389. The van der Waals surface area contributed by atoms with Crippen LogP contribution in [-0.2, 0) is 4.79 Å². The Morgan fingerprint density at radius 3 is 2.78 bits per heavy atom. The second-order valence-electron chi connectivity index (χ2n) is 5.92. The highest BCUT2D eigenvalue weighted by Crippen LogP contribution is 2.20. The number of nitrogens with one attached hydrogen (secondary N) is 2. The Hall–Kier alpha value is -1.62. The average molecular weight is 335 g/mol. The van der Waals surface area contributed by atoms with Crippen molar-refractivity contribution < 1.29 is 9.90 Å². The number of benzene rings is 2. The molecule has 3 N–H and O–H groups in total. The van der Waals surface area contributed by atoms with E-state index in [1.54, 1.807) is 0 Å². The van der Waals surface area contributed by atoms with Crippen LogP contribution < -0.4 is 10.6 Å². The van der Waals surface area contributed by atoms with Crippen molar-refractivity contribution in [1.82, 2.24) is 10.6 Å². The first kappa shape index (κ1) is 17.7. The van der Waals surface area contributed by atoms with Gasteiger partial charge in [0.2, 0.25) is 5.91 Å². The van der Waals surface area contributed by atoms with Crippen LogP contribution in [-0.4, -0.2) is 30.1 Å². The van der Waals surface area contributed by atoms with Crippen LogP contribution >= 0.6 is 12.4 Å². The molecule has 0 saturated carbocycles. The number of hydrogen-bond donors (Lipinski definition) is 3. The fourth-order valence-corrected chi connectivity index (χ4v) is 2.97. The summed E-state index contributed by atoms with van der Waals surface area (Å²) in [5.74, 6) is -0.000704. The Morgan fingerprint density at radius 2 is 2.04 bits per heavy atom. The minimum Gasteiger partial charge on any atom is -0.387 e. The van der Waals surface area contributed by atoms with E-state index < -0.39 is 6.10 Å². The highest BCUT2D eigenvalue weighted by Gasteiger charge is 2.18. The maximum absolute atomic E-state index is 11.9. The van der Waals surface area contributed by atoms with E-state index in [9.17, 15) is 9.90 Å². The van der Waals surface area contributed by atoms with Crippen LogP contribution in [0.2, 0.25) is 0 Å². The molecule has 2 aromatic rings. The summed E-state index contributed by atoms with van der Waals surface area (Å²) in [6.07, 6.45) is 2.01. The van der Waals surface area contributed by atoms with Gasteiger partial charge < -0.3 is 15.7 Å². The molecule has 2 atom stereocenters. The summed E-state index contributed by atoms with van der Waals surface area (Å²) in [4.78, 5) is 11.9. The van der Waals surface area contributed by atoms with Crippen LogP contribution in [0.3, 0.4) is 0 Å². The summed E-state index contributed by atoms with van der Waals surface area (Å²) in [6, 6.07) is 14.2. The van der Waals surface area contributed by atoms with Crippen molar-refractivity contribution >= 4 is 29.1 Å². The molecule has 2 aromatic carbocycles. The van der Waals surface area contributed by atoms with Gasteiger partial charge in [0.1, 0.15) is 0 Å². The summed E-state index contributed by atoms with van der Waals surface area (Å²) in [5, 5.41) is 18.6. The van der Waals surface area contributed by atoms with Gasteiger partial charge in [0, 0.05) is 19.0 Å². The zero-order chi connectivity index (χ0) is 15.4. The standard InChI is InChI=1S/C18H22N2O2.ClH/c21-17(12-20-18(22)11-16-6-3-9-19-16)15-8-7-13-4-1-2-5-14(13)10-15;/h1-2,4-5,7-8,10,16-17,19,21H,3,6,9,11-12H2,(H,20,22);1H. The van der Waals surface area contributed by atoms with E-state index in [1.165, 1.54) is 0 Å². The smallest absolute Gasteiger partial charge is 0.221 e. The minimum atomic E-state index is -0.676. The fourth-order valence-electron chi connectivity index (χ4n) is 2.97. The molecule has 1 aliphatic rings. The molecule has 1 saturated heterocycles. The SMILES string of the molecule is Cl.O=C(CC1CCCN1)NCC(O)c1ccc2ccccc2c1. The highest BCUT2D eigenvalue weighted by atomic mass is 35.5. The molecule has 3 rings (SSSR count). The first-order valence-electron chi connectivity index (χ1n) is 7.89. The minimum absolute atomic E-state index is 0. The third-order valence-electron chi connectivity index (χ3n) is 4.25. The molecule has 1 amide bonds. The Balaban J connectivity index is 0.00000192. The van der Waals surface area contributed by atoms with E-state index in [0.717, 1.165) is 35.7 Å². The first-order valence-corrected chi connectivity index (χ1v) is 7.89. The van der Waals surface area contributed by atoms with E-state index in [4.69, 9.17) is 0 Å². The van der Waals surface area contributed by atoms with Gasteiger partial charge in [-0.2, -0.15) is 0 Å². The molecule has 23 heavy (non-hydrogen) atoms. The van der Waals surface area contributed by atoms with Gasteiger partial charge in [0.05, 0.1) is 6.10 Å². The summed E-state index contributed by atoms with van der Waals surface area (Å²) in [5.41, 5.74) is 0.831. The Labute approximate surface area is 142 Å². The molecule has 1 fully saturated rings. The van der Waals surface area contributed by atoms with Crippen LogP contribution in [0, 0.1) is 0 Å². The molecule has 4 nitrogen and oxygen atoms in total. The normalized spacial score (nSPS) is 18.4. The lowest BCUT2D eigenvalue weighted by Crippen LogP contribution is -2.34. The van der Waals surface area contributed by atoms with E-state index in [1.807, 2.05) is 42.5 Å². The maximum atomic E-state index is 11.9. The largest absolute Gasteiger partial charge is 0.387 e. The number of fused-ring (bicyclic) bond motifs is 1. The lowest BCUT2D eigenvalue weighted by molar-refractivity contribution is -0.122. The zero-order valence-electron chi connectivity index (χ0n) is 13.0. The predicted octanol–water partition coefficient (Wildman–Crippen LogP) is 2.55. The topological polar surface area (TPSA) is 61.4 Å². The van der Waals surface area contributed by atoms with Crippen molar-refractivity contribution in [2.45, 2.75) is 31.4 Å². The van der Waals surface area contributed by atoms with Gasteiger partial charge >= 0.3 is 0 Å². The Bertz CT molecular complexity index is 656. The van der Waals surface area contributed by atoms with Crippen LogP contribution in [0.4, 0.5) is 0 Å². The molecule has 1 heterocycles. The molecule has 0 aromatic heterocycles. The van der Waals surface area contributed by atoms with Crippen LogP contribution in [0.25, 0.3) is 10.8 Å². The summed E-state index contributed by atoms with van der Waals surface area (Å²) >= 11 is 0. The molecular weight excluding hydrogens is 312 g/mol. The maximum Gasteiger partial charge on any atom is 0.221 e. The number of carbonyl (C=O) groups is 1. The molecule has 5 heteroatoms. The second-order valence-corrected chi connectivity index (χ2v) is 5.92. The van der Waals surface area contributed by atoms with E-state index in [2.05, 4.69) is 10.6 Å². The van der Waals surface area contributed by atoms with Crippen molar-refractivity contribution in [1.29, 1.82) is 0 Å². The van der Waals surface area contributed by atoms with Crippen molar-refractivity contribution in [3.8, 4) is 0 Å². The van der Waals surface area contributed by atoms with Gasteiger partial charge in [-0.05, 0) is 41.8 Å². The van der Waals surface area contributed by atoms with Gasteiger partial charge in [-0.3, -0.25) is 4.79 Å². The number of aliphatic hydroxyl groups excluding tert-OH is 1. The number of rotatable bonds is 5. The summed E-state index contributed by atoms with van der Waals surface area (Å²) in [6.45, 7) is 1.25. The van der Waals surface area contributed by atoms with E-state index in [-0.39, 0.29) is 30.9 Å². The van der Waals surface area contributed by atoms with Gasteiger partial charge in [-0.25, -0.2) is 0 Å². The predicted molar refractivity (Wildman–Crippen MR) is 94.8 cm³/mol. The van der Waals surface area contributed by atoms with Gasteiger partial charge in [0.25, 0.3) is 0 Å². The third kappa shape index (κ3) is 4.67. The van der Waals surface area contributed by atoms with Crippen molar-refractivity contribution in [2.75, 3.05) is 13.1 Å². The number of aliphatic hydroxyl groups is 1. The quantitative estimate of drug-likeness (QED) is 0.787. The van der Waals surface area contributed by atoms with Gasteiger partial charge in [-0.15, -0.1) is 12.4 Å². The monoisotopic (exact) mass is 334 g/mol. The summed E-state index contributed by atoms with van der Waals surface area (Å²) in [7, 11) is 0. The van der Waals surface area contributed by atoms with Crippen molar-refractivity contribution in [2.24, 2.45) is 0 Å². The molecule has 2 unspecified atom stereocenters. The lowest BCUT2D eigenvalue weighted by Gasteiger charge is -2.15. The zero-order valence-corrected chi connectivity index (χ0v) is 13.8. The number of amides is 1. The Morgan fingerprint density at radius 1 is 1.26 bits per heavy atom. The van der Waals surface area contributed by atoms with Crippen molar-refractivity contribution in [3.05, 3.63) is 48.0 Å². The lowest BCUT2D eigenvalue weighted by atomic mass is 10.0. The molecule has 0 bridgehead atoms. The molecular formula is C18H23ClN2O2. The first-order chi connectivity index (χ1) is 10.7. The van der Waals surface area contributed by atoms with E-state index in [0.29, 0.717) is 6.42 Å². The third-order valence-corrected chi connectivity index (χ3v) is 4.25. The van der Waals surface area contributed by atoms with Crippen LogP contribution in [0.5, 0.6) is 0 Å². The van der Waals surface area contributed by atoms with Gasteiger partial charge in [-0.1, -0.05) is 36.4 Å². The van der Waals surface area contributed by atoms with Crippen molar-refractivity contribution in [3.63, 3.8) is 0 Å². The van der Waals surface area contributed by atoms with Crippen LogP contribution in [0.15, 0.2) is 42.5 Å². The van der Waals surface area contributed by atoms with E-state index >= 15 is 0 Å². The number of carbonyl (C=O) groups excluding carboxylic acids is 1. The Kier molecular flexibility index (Phi) is 6.39. The molecule has 1 aliphatic heterocycles. The molecule has 124 valence electrons. The van der Waals surface area contributed by atoms with Crippen LogP contribution in [0.1, 0.15) is 30.9 Å². The number of hydrogen-bond acceptors (Lipinski definition) is 3. The molecule has 0 spiro atoms. The molecule has 0 radical (unpaired) electrons.